The number of furan rings is 2. The number of benzene rings is 2. The van der Waals surface area contributed by atoms with Gasteiger partial charge in [-0.1, -0.05) is 67.6 Å². The molecule has 2 aliphatic heterocycles. The first-order valence-electron chi connectivity index (χ1n) is 15.1. The molecule has 2 aromatic carbocycles. The average molecular weight is 587 g/mol. The molecule has 3 fully saturated rings. The van der Waals surface area contributed by atoms with Gasteiger partial charge in [0.2, 0.25) is 23.6 Å². The van der Waals surface area contributed by atoms with Crippen LogP contribution in [0.4, 0.5) is 0 Å². The molecule has 220 valence electrons. The van der Waals surface area contributed by atoms with Crippen LogP contribution in [0, 0.1) is 35.0 Å². The van der Waals surface area contributed by atoms with Gasteiger partial charge in [0.25, 0.3) is 0 Å². The Hall–Kier alpha value is -4.98. The second-order valence-electron chi connectivity index (χ2n) is 12.1. The minimum atomic E-state index is -1.11. The second-order valence-corrected chi connectivity index (χ2v) is 12.1. The maximum atomic E-state index is 14.6. The van der Waals surface area contributed by atoms with Gasteiger partial charge in [-0.25, -0.2) is 0 Å². The molecule has 0 spiro atoms. The highest BCUT2D eigenvalue weighted by atomic mass is 16.3. The summed E-state index contributed by atoms with van der Waals surface area (Å²) in [4.78, 5) is 60.7. The van der Waals surface area contributed by atoms with E-state index in [1.807, 2.05) is 67.6 Å². The monoisotopic (exact) mass is 586 g/mol. The number of carbonyl (C=O) groups is 4. The van der Waals surface area contributed by atoms with Crippen LogP contribution in [0.3, 0.4) is 0 Å². The Morgan fingerprint density at radius 2 is 1.07 bits per heavy atom. The number of likely N-dealkylation sites (tertiary alicyclic amines) is 2. The number of hydrogen-bond donors (Lipinski definition) is 0. The lowest BCUT2D eigenvalue weighted by atomic mass is 9.40. The predicted octanol–water partition coefficient (Wildman–Crippen LogP) is 5.43. The number of nitrogens with zero attached hydrogens (tertiary/aromatic N) is 2. The van der Waals surface area contributed by atoms with Crippen LogP contribution in [-0.2, 0) is 32.3 Å². The Morgan fingerprint density at radius 3 is 1.50 bits per heavy atom. The largest absolute Gasteiger partial charge is 0.467 e. The van der Waals surface area contributed by atoms with Crippen LogP contribution in [0.5, 0.6) is 0 Å². The maximum Gasteiger partial charge on any atom is 0.234 e. The van der Waals surface area contributed by atoms with Crippen LogP contribution in [0.15, 0.2) is 106 Å². The fourth-order valence-electron chi connectivity index (χ4n) is 8.84. The zero-order valence-corrected chi connectivity index (χ0v) is 24.1. The lowest BCUT2D eigenvalue weighted by Crippen LogP contribution is -2.60. The minimum Gasteiger partial charge on any atom is -0.467 e. The van der Waals surface area contributed by atoms with Crippen LogP contribution in [0.1, 0.15) is 36.0 Å². The molecule has 3 aliphatic carbocycles. The van der Waals surface area contributed by atoms with Gasteiger partial charge >= 0.3 is 0 Å². The lowest BCUT2D eigenvalue weighted by Gasteiger charge is -2.59. The van der Waals surface area contributed by atoms with E-state index >= 15 is 0 Å². The first-order valence-corrected chi connectivity index (χ1v) is 15.1. The minimum absolute atomic E-state index is 0.00731. The molecule has 1 saturated carbocycles. The summed E-state index contributed by atoms with van der Waals surface area (Å²) in [6.45, 7) is 1.99. The summed E-state index contributed by atoms with van der Waals surface area (Å²) in [6.07, 6.45) is 3.43. The van der Waals surface area contributed by atoms with Crippen molar-refractivity contribution in [1.29, 1.82) is 0 Å². The van der Waals surface area contributed by atoms with Crippen molar-refractivity contribution in [1.82, 2.24) is 9.80 Å². The zero-order valence-electron chi connectivity index (χ0n) is 24.1. The van der Waals surface area contributed by atoms with E-state index in [1.165, 1.54) is 22.3 Å². The summed E-state index contributed by atoms with van der Waals surface area (Å²) < 4.78 is 11.1. The van der Waals surface area contributed by atoms with Gasteiger partial charge in [-0.05, 0) is 53.0 Å². The predicted molar refractivity (Wildman–Crippen MR) is 158 cm³/mol. The molecule has 8 nitrogen and oxygen atoms in total. The molecule has 0 radical (unpaired) electrons. The first kappa shape index (κ1) is 26.6. The highest BCUT2D eigenvalue weighted by Crippen LogP contribution is 2.73. The fourth-order valence-corrected chi connectivity index (χ4v) is 8.84. The van der Waals surface area contributed by atoms with E-state index < -0.39 is 35.0 Å². The summed E-state index contributed by atoms with van der Waals surface area (Å²) >= 11 is 0. The van der Waals surface area contributed by atoms with Gasteiger partial charge < -0.3 is 8.83 Å². The Balaban J connectivity index is 1.39. The molecule has 2 bridgehead atoms. The lowest BCUT2D eigenvalue weighted by molar-refractivity contribution is -0.146. The van der Waals surface area contributed by atoms with E-state index in [2.05, 4.69) is 0 Å². The van der Waals surface area contributed by atoms with Crippen LogP contribution in [-0.4, -0.2) is 33.4 Å². The van der Waals surface area contributed by atoms with Gasteiger partial charge in [0.05, 0.1) is 49.3 Å². The normalized spacial score (nSPS) is 29.2. The molecule has 4 aromatic rings. The van der Waals surface area contributed by atoms with Crippen molar-refractivity contribution < 1.29 is 28.0 Å². The third-order valence-electron chi connectivity index (χ3n) is 10.4. The highest BCUT2D eigenvalue weighted by molar-refractivity contribution is 6.17. The standard InChI is InChI=1S/C36H30N2O6/c1-2-36-29(22-13-7-4-8-14-22)25(21-11-5-3-6-12-21)26(27-30(36)34(41)37(32(27)39)19-23-15-9-17-43-23)28-31(36)35(42)38(33(28)40)20-24-16-10-18-44-24/h3-18,26-28,30-31H,2,19-20H2,1H3/t26?,27-,28-,30-,31-,36?/m1/s1. The van der Waals surface area contributed by atoms with Crippen LogP contribution < -0.4 is 0 Å². The Labute approximate surface area is 253 Å². The van der Waals surface area contributed by atoms with E-state index in [9.17, 15) is 19.2 Å². The van der Waals surface area contributed by atoms with Crippen molar-refractivity contribution in [3.8, 4) is 0 Å². The third-order valence-corrected chi connectivity index (χ3v) is 10.4. The highest BCUT2D eigenvalue weighted by Gasteiger charge is 2.77. The molecule has 4 atom stereocenters. The van der Waals surface area contributed by atoms with Gasteiger partial charge in [0.15, 0.2) is 0 Å². The SMILES string of the molecule is CCC12C(c3ccccc3)=C(c3ccccc3)C([C@H]3C(=O)N(Cc4ccco4)C(=O)[C@@H]31)[C@H]1C(=O)N(Cc3ccco3)C(=O)[C@@H]12. The summed E-state index contributed by atoms with van der Waals surface area (Å²) in [7, 11) is 0. The van der Waals surface area contributed by atoms with E-state index in [1.54, 1.807) is 24.3 Å². The van der Waals surface area contributed by atoms with Gasteiger partial charge in [-0.2, -0.15) is 0 Å². The van der Waals surface area contributed by atoms with Crippen LogP contribution in [0.25, 0.3) is 11.1 Å². The average Bonchev–Trinajstić information content (AvgIpc) is 3.86. The van der Waals surface area contributed by atoms with Crippen molar-refractivity contribution in [2.75, 3.05) is 0 Å². The molecule has 0 N–H and O–H groups in total. The fraction of sp³-hybridized carbons (Fsp3) is 0.278. The third kappa shape index (κ3) is 3.45. The molecule has 8 heteroatoms. The molecule has 0 unspecified atom stereocenters. The van der Waals surface area contributed by atoms with Crippen LogP contribution >= 0.6 is 0 Å². The number of amides is 4. The first-order chi connectivity index (χ1) is 21.5. The van der Waals surface area contributed by atoms with Gasteiger partial charge in [-0.15, -0.1) is 0 Å². The van der Waals surface area contributed by atoms with Crippen molar-refractivity contribution in [3.05, 3.63) is 120 Å². The van der Waals surface area contributed by atoms with Crippen LogP contribution in [0.2, 0.25) is 0 Å². The summed E-state index contributed by atoms with van der Waals surface area (Å²) in [6, 6.07) is 26.6. The van der Waals surface area contributed by atoms with Crippen molar-refractivity contribution >= 4 is 34.8 Å². The van der Waals surface area contributed by atoms with Crippen molar-refractivity contribution in [2.45, 2.75) is 26.4 Å². The molecule has 2 saturated heterocycles. The molecule has 9 rings (SSSR count). The molecular formula is C36H30N2O6. The molecule has 44 heavy (non-hydrogen) atoms. The number of allylic oxidation sites excluding steroid dienone is 2. The Bertz CT molecular complexity index is 1730. The number of hydrogen-bond acceptors (Lipinski definition) is 6. The number of carbonyl (C=O) groups excluding carboxylic acids is 4. The smallest absolute Gasteiger partial charge is 0.234 e. The van der Waals surface area contributed by atoms with Gasteiger partial charge in [0.1, 0.15) is 11.5 Å². The Kier molecular flexibility index (Phi) is 5.92. The molecule has 2 aromatic heterocycles. The quantitative estimate of drug-likeness (QED) is 0.268. The maximum absolute atomic E-state index is 14.6. The van der Waals surface area contributed by atoms with Crippen molar-refractivity contribution in [3.63, 3.8) is 0 Å². The topological polar surface area (TPSA) is 101 Å². The Morgan fingerprint density at radius 1 is 0.591 bits per heavy atom. The van der Waals surface area contributed by atoms with Crippen molar-refractivity contribution in [2.24, 2.45) is 35.0 Å². The van der Waals surface area contributed by atoms with E-state index in [-0.39, 0.29) is 36.7 Å². The number of rotatable bonds is 7. The molecule has 5 aliphatic rings. The second kappa shape index (κ2) is 9.77. The molecule has 4 amide bonds. The summed E-state index contributed by atoms with van der Waals surface area (Å²) in [5.74, 6) is -4.12. The van der Waals surface area contributed by atoms with E-state index in [0.29, 0.717) is 17.9 Å². The molecule has 4 heterocycles. The summed E-state index contributed by atoms with van der Waals surface area (Å²) in [5.41, 5.74) is 2.45. The van der Waals surface area contributed by atoms with E-state index in [0.717, 1.165) is 22.3 Å². The summed E-state index contributed by atoms with van der Waals surface area (Å²) in [5, 5.41) is 0. The number of imide groups is 2. The van der Waals surface area contributed by atoms with Gasteiger partial charge in [-0.3, -0.25) is 29.0 Å². The van der Waals surface area contributed by atoms with Gasteiger partial charge in [0, 0.05) is 11.3 Å². The van der Waals surface area contributed by atoms with E-state index in [4.69, 9.17) is 8.83 Å². The molecular weight excluding hydrogens is 556 g/mol. The zero-order chi connectivity index (χ0) is 30.2.